The molecule has 2 aliphatic rings. The van der Waals surface area contributed by atoms with E-state index in [4.69, 9.17) is 0 Å². The third kappa shape index (κ3) is 3.71. The molecule has 1 atom stereocenters. The molecule has 1 unspecified atom stereocenters. The summed E-state index contributed by atoms with van der Waals surface area (Å²) in [5.41, 5.74) is 2.43. The zero-order valence-electron chi connectivity index (χ0n) is 14.7. The number of carbonyl (C=O) groups excluding carboxylic acids is 2. The van der Waals surface area contributed by atoms with Gasteiger partial charge in [-0.25, -0.2) is 0 Å². The monoisotopic (exact) mass is 329 g/mol. The van der Waals surface area contributed by atoms with E-state index in [9.17, 15) is 9.59 Å². The average molecular weight is 329 g/mol. The number of hydrogen-bond acceptors (Lipinski definition) is 3. The fourth-order valence-corrected chi connectivity index (χ4v) is 3.64. The van der Waals surface area contributed by atoms with E-state index in [0.717, 1.165) is 32.5 Å². The van der Waals surface area contributed by atoms with Crippen LogP contribution in [0.1, 0.15) is 25.3 Å². The molecule has 5 nitrogen and oxygen atoms in total. The highest BCUT2D eigenvalue weighted by atomic mass is 16.2. The largest absolute Gasteiger partial charge is 0.368 e. The van der Waals surface area contributed by atoms with Crippen LogP contribution in [0.25, 0.3) is 0 Å². The normalized spacial score (nSPS) is 21.8. The lowest BCUT2D eigenvalue weighted by Crippen LogP contribution is -2.54. The molecule has 2 heterocycles. The van der Waals surface area contributed by atoms with Crippen LogP contribution in [0, 0.1) is 12.8 Å². The summed E-state index contributed by atoms with van der Waals surface area (Å²) in [5, 5.41) is 0. The molecule has 0 aliphatic carbocycles. The zero-order valence-corrected chi connectivity index (χ0v) is 14.7. The van der Waals surface area contributed by atoms with Gasteiger partial charge in [0.1, 0.15) is 0 Å². The molecule has 0 saturated carbocycles. The maximum atomic E-state index is 12.5. The van der Waals surface area contributed by atoms with Gasteiger partial charge in [0.05, 0.1) is 0 Å². The molecule has 24 heavy (non-hydrogen) atoms. The van der Waals surface area contributed by atoms with E-state index in [1.807, 2.05) is 0 Å². The van der Waals surface area contributed by atoms with Crippen LogP contribution < -0.4 is 4.90 Å². The summed E-state index contributed by atoms with van der Waals surface area (Å²) in [5.74, 6) is -0.146. The standard InChI is InChI=1S/C19H27N3O2/c1-15-5-3-7-17(13-15)20-9-11-21(12-10-20)18(23)19(24)22-8-4-6-16(2)14-22/h3,5,7,13,16H,4,6,8-12,14H2,1-2H3. The fourth-order valence-electron chi connectivity index (χ4n) is 3.64. The molecule has 0 N–H and O–H groups in total. The molecule has 2 fully saturated rings. The van der Waals surface area contributed by atoms with E-state index < -0.39 is 0 Å². The molecule has 2 aliphatic heterocycles. The predicted octanol–water partition coefficient (Wildman–Crippen LogP) is 1.90. The first-order valence-electron chi connectivity index (χ1n) is 8.94. The lowest BCUT2D eigenvalue weighted by atomic mass is 10.0. The second kappa shape index (κ2) is 7.24. The van der Waals surface area contributed by atoms with Gasteiger partial charge in [-0.3, -0.25) is 9.59 Å². The minimum Gasteiger partial charge on any atom is -0.368 e. The molecule has 0 aromatic heterocycles. The Morgan fingerprint density at radius 1 is 1.00 bits per heavy atom. The quantitative estimate of drug-likeness (QED) is 0.739. The number of carbonyl (C=O) groups is 2. The van der Waals surface area contributed by atoms with Gasteiger partial charge in [-0.2, -0.15) is 0 Å². The van der Waals surface area contributed by atoms with Crippen LogP contribution in [-0.4, -0.2) is 60.9 Å². The smallest absolute Gasteiger partial charge is 0.312 e. The van der Waals surface area contributed by atoms with Crippen LogP contribution >= 0.6 is 0 Å². The van der Waals surface area contributed by atoms with E-state index >= 15 is 0 Å². The summed E-state index contributed by atoms with van der Waals surface area (Å²) in [6.07, 6.45) is 2.15. The zero-order chi connectivity index (χ0) is 17.1. The molecule has 5 heteroatoms. The van der Waals surface area contributed by atoms with E-state index in [1.54, 1.807) is 9.80 Å². The van der Waals surface area contributed by atoms with E-state index in [1.165, 1.54) is 11.3 Å². The Hall–Kier alpha value is -2.04. The van der Waals surface area contributed by atoms with Crippen molar-refractivity contribution in [3.05, 3.63) is 29.8 Å². The Morgan fingerprint density at radius 3 is 2.38 bits per heavy atom. The number of likely N-dealkylation sites (tertiary alicyclic amines) is 1. The Bertz CT molecular complexity index is 608. The van der Waals surface area contributed by atoms with Crippen molar-refractivity contribution in [3.63, 3.8) is 0 Å². The predicted molar refractivity (Wildman–Crippen MR) is 95.0 cm³/mol. The lowest BCUT2D eigenvalue weighted by molar-refractivity contribution is -0.153. The minimum atomic E-state index is -0.326. The summed E-state index contributed by atoms with van der Waals surface area (Å²) in [4.78, 5) is 30.7. The van der Waals surface area contributed by atoms with Crippen molar-refractivity contribution in [1.29, 1.82) is 0 Å². The second-order valence-corrected chi connectivity index (χ2v) is 7.12. The SMILES string of the molecule is Cc1cccc(N2CCN(C(=O)C(=O)N3CCCC(C)C3)CC2)c1. The molecule has 2 saturated heterocycles. The second-order valence-electron chi connectivity index (χ2n) is 7.12. The first-order chi connectivity index (χ1) is 11.5. The fraction of sp³-hybridized carbons (Fsp3) is 0.579. The van der Waals surface area contributed by atoms with Crippen molar-refractivity contribution in [2.24, 2.45) is 5.92 Å². The molecule has 2 amide bonds. The van der Waals surface area contributed by atoms with E-state index in [0.29, 0.717) is 25.6 Å². The van der Waals surface area contributed by atoms with Crippen LogP contribution in [0.5, 0.6) is 0 Å². The van der Waals surface area contributed by atoms with E-state index in [-0.39, 0.29) is 11.8 Å². The van der Waals surface area contributed by atoms with Crippen LogP contribution in [0.3, 0.4) is 0 Å². The number of benzene rings is 1. The van der Waals surface area contributed by atoms with Crippen LogP contribution in [0.4, 0.5) is 5.69 Å². The maximum Gasteiger partial charge on any atom is 0.312 e. The van der Waals surface area contributed by atoms with Crippen molar-refractivity contribution >= 4 is 17.5 Å². The third-order valence-electron chi connectivity index (χ3n) is 5.06. The van der Waals surface area contributed by atoms with Crippen LogP contribution in [0.15, 0.2) is 24.3 Å². The highest BCUT2D eigenvalue weighted by molar-refractivity contribution is 6.34. The highest BCUT2D eigenvalue weighted by Crippen LogP contribution is 2.19. The van der Waals surface area contributed by atoms with Gasteiger partial charge in [0.15, 0.2) is 0 Å². The molecular weight excluding hydrogens is 302 g/mol. The molecular formula is C19H27N3O2. The van der Waals surface area contributed by atoms with Crippen LogP contribution in [0.2, 0.25) is 0 Å². The van der Waals surface area contributed by atoms with Gasteiger partial charge in [-0.1, -0.05) is 19.1 Å². The molecule has 3 rings (SSSR count). The van der Waals surface area contributed by atoms with Crippen molar-refractivity contribution in [3.8, 4) is 0 Å². The van der Waals surface area contributed by atoms with Crippen molar-refractivity contribution < 1.29 is 9.59 Å². The summed E-state index contributed by atoms with van der Waals surface area (Å²) < 4.78 is 0. The van der Waals surface area contributed by atoms with Crippen LogP contribution in [-0.2, 0) is 9.59 Å². The number of anilines is 1. The topological polar surface area (TPSA) is 43.9 Å². The first-order valence-corrected chi connectivity index (χ1v) is 8.94. The maximum absolute atomic E-state index is 12.5. The summed E-state index contributed by atoms with van der Waals surface area (Å²) in [7, 11) is 0. The van der Waals surface area contributed by atoms with Crippen molar-refractivity contribution in [1.82, 2.24) is 9.80 Å². The van der Waals surface area contributed by atoms with Gasteiger partial charge in [-0.05, 0) is 43.4 Å². The molecule has 0 radical (unpaired) electrons. The third-order valence-corrected chi connectivity index (χ3v) is 5.06. The Labute approximate surface area is 144 Å². The van der Waals surface area contributed by atoms with Crippen molar-refractivity contribution in [2.75, 3.05) is 44.2 Å². The number of rotatable bonds is 1. The minimum absolute atomic E-state index is 0.314. The molecule has 0 spiro atoms. The van der Waals surface area contributed by atoms with Gasteiger partial charge in [0.25, 0.3) is 0 Å². The van der Waals surface area contributed by atoms with Gasteiger partial charge < -0.3 is 14.7 Å². The number of hydrogen-bond donors (Lipinski definition) is 0. The van der Waals surface area contributed by atoms with Gasteiger partial charge in [0, 0.05) is 45.0 Å². The number of amides is 2. The summed E-state index contributed by atoms with van der Waals surface area (Å²) in [6.45, 7) is 8.44. The summed E-state index contributed by atoms with van der Waals surface area (Å²) in [6, 6.07) is 8.41. The number of aryl methyl sites for hydroxylation is 1. The lowest BCUT2D eigenvalue weighted by Gasteiger charge is -2.37. The number of nitrogens with zero attached hydrogens (tertiary/aromatic N) is 3. The van der Waals surface area contributed by atoms with Gasteiger partial charge >= 0.3 is 11.8 Å². The van der Waals surface area contributed by atoms with E-state index in [2.05, 4.69) is 43.0 Å². The Morgan fingerprint density at radius 2 is 1.71 bits per heavy atom. The molecule has 0 bridgehead atoms. The van der Waals surface area contributed by atoms with Gasteiger partial charge in [-0.15, -0.1) is 0 Å². The Balaban J connectivity index is 1.56. The highest BCUT2D eigenvalue weighted by Gasteiger charge is 2.31. The van der Waals surface area contributed by atoms with Gasteiger partial charge in [0.2, 0.25) is 0 Å². The number of piperidine rings is 1. The molecule has 1 aromatic rings. The number of piperazine rings is 1. The molecule has 130 valence electrons. The van der Waals surface area contributed by atoms with Crippen molar-refractivity contribution in [2.45, 2.75) is 26.7 Å². The summed E-state index contributed by atoms with van der Waals surface area (Å²) >= 11 is 0. The average Bonchev–Trinajstić information content (AvgIpc) is 2.60. The molecule has 1 aromatic carbocycles. The first kappa shape index (κ1) is 16.8. The Kier molecular flexibility index (Phi) is 5.07.